The number of benzene rings is 3. The van der Waals surface area contributed by atoms with Gasteiger partial charge < -0.3 is 15.5 Å². The highest BCUT2D eigenvalue weighted by Gasteiger charge is 2.42. The fourth-order valence-electron chi connectivity index (χ4n) is 5.81. The van der Waals surface area contributed by atoms with Crippen LogP contribution in [0.15, 0.2) is 60.7 Å². The molecule has 2 aliphatic heterocycles. The van der Waals surface area contributed by atoms with E-state index < -0.39 is 5.92 Å². The van der Waals surface area contributed by atoms with E-state index in [1.807, 2.05) is 18.2 Å². The zero-order valence-electron chi connectivity index (χ0n) is 21.9. The van der Waals surface area contributed by atoms with Gasteiger partial charge in [0.25, 0.3) is 0 Å². The molecule has 0 saturated carbocycles. The van der Waals surface area contributed by atoms with E-state index in [0.717, 1.165) is 42.6 Å². The Kier molecular flexibility index (Phi) is 8.41. The normalized spacial score (nSPS) is 17.0. The highest BCUT2D eigenvalue weighted by Crippen LogP contribution is 2.45. The van der Waals surface area contributed by atoms with Gasteiger partial charge in [0.1, 0.15) is 5.82 Å². The molecule has 2 heterocycles. The summed E-state index contributed by atoms with van der Waals surface area (Å²) in [6.07, 6.45) is 2.38. The van der Waals surface area contributed by atoms with Crippen LogP contribution in [0.1, 0.15) is 53.9 Å². The number of amides is 2. The molecule has 0 radical (unpaired) electrons. The first-order chi connectivity index (χ1) is 19.3. The standard InChI is InChI=1S/C31H29Cl2FN4O2/c32-26-7-5-22(15-27(26)33)24(30(40)36-19-21-3-1-20(18-35)2-4-21)9-12-38-13-10-31(11-14-38)17-29(39)37-28-8-6-23(34)16-25(28)31/h1-8,15-16,24H,9-14,17,19H2,(H,36,40)(H,37,39). The summed E-state index contributed by atoms with van der Waals surface area (Å²) in [7, 11) is 0. The second-order valence-corrected chi connectivity index (χ2v) is 11.4. The van der Waals surface area contributed by atoms with E-state index >= 15 is 0 Å². The summed E-state index contributed by atoms with van der Waals surface area (Å²) in [5.41, 5.74) is 3.45. The van der Waals surface area contributed by atoms with Gasteiger partial charge in [-0.1, -0.05) is 41.4 Å². The summed E-state index contributed by atoms with van der Waals surface area (Å²) >= 11 is 12.4. The number of fused-ring (bicyclic) bond motifs is 2. The molecule has 1 unspecified atom stereocenters. The first-order valence-corrected chi connectivity index (χ1v) is 14.1. The maximum atomic E-state index is 14.1. The van der Waals surface area contributed by atoms with Crippen LogP contribution >= 0.6 is 23.2 Å². The molecule has 1 spiro atoms. The van der Waals surface area contributed by atoms with Crippen molar-refractivity contribution in [3.8, 4) is 6.07 Å². The van der Waals surface area contributed by atoms with Gasteiger partial charge in [0.05, 0.1) is 27.6 Å². The van der Waals surface area contributed by atoms with Crippen LogP contribution < -0.4 is 10.6 Å². The van der Waals surface area contributed by atoms with Gasteiger partial charge in [-0.05, 0) is 98.1 Å². The third-order valence-corrected chi connectivity index (χ3v) is 8.82. The zero-order valence-corrected chi connectivity index (χ0v) is 23.4. The van der Waals surface area contributed by atoms with E-state index in [0.29, 0.717) is 47.2 Å². The van der Waals surface area contributed by atoms with Gasteiger partial charge in [-0.25, -0.2) is 4.39 Å². The molecular weight excluding hydrogens is 550 g/mol. The number of carbonyl (C=O) groups is 2. The van der Waals surface area contributed by atoms with Crippen molar-refractivity contribution in [3.63, 3.8) is 0 Å². The van der Waals surface area contributed by atoms with E-state index in [9.17, 15) is 14.0 Å². The fraction of sp³-hybridized carbons (Fsp3) is 0.323. The molecule has 6 nitrogen and oxygen atoms in total. The third kappa shape index (κ3) is 6.15. The first-order valence-electron chi connectivity index (χ1n) is 13.3. The number of halogens is 3. The lowest BCUT2D eigenvalue weighted by Gasteiger charge is -2.45. The number of nitriles is 1. The van der Waals surface area contributed by atoms with Crippen LogP contribution in [0.3, 0.4) is 0 Å². The maximum absolute atomic E-state index is 14.1. The smallest absolute Gasteiger partial charge is 0.227 e. The number of nitrogens with one attached hydrogen (secondary N) is 2. The van der Waals surface area contributed by atoms with Crippen molar-refractivity contribution in [3.05, 3.63) is 98.8 Å². The summed E-state index contributed by atoms with van der Waals surface area (Å²) < 4.78 is 14.1. The SMILES string of the molecule is N#Cc1ccc(CNC(=O)C(CCN2CCC3(CC2)CC(=O)Nc2ccc(F)cc23)c2ccc(Cl)c(Cl)c2)cc1. The Labute approximate surface area is 243 Å². The van der Waals surface area contributed by atoms with Gasteiger partial charge in [0, 0.05) is 24.1 Å². The average Bonchev–Trinajstić information content (AvgIpc) is 2.95. The van der Waals surface area contributed by atoms with E-state index in [1.54, 1.807) is 36.4 Å². The summed E-state index contributed by atoms with van der Waals surface area (Å²) in [4.78, 5) is 28.2. The van der Waals surface area contributed by atoms with Crippen molar-refractivity contribution in [2.24, 2.45) is 0 Å². The zero-order chi connectivity index (χ0) is 28.3. The number of hydrogen-bond donors (Lipinski definition) is 2. The molecule has 206 valence electrons. The molecule has 2 aliphatic rings. The molecule has 0 bridgehead atoms. The lowest BCUT2D eigenvalue weighted by Crippen LogP contribution is -2.47. The first kappa shape index (κ1) is 28.1. The monoisotopic (exact) mass is 578 g/mol. The minimum Gasteiger partial charge on any atom is -0.351 e. The summed E-state index contributed by atoms with van der Waals surface area (Å²) in [6, 6.07) is 19.1. The van der Waals surface area contributed by atoms with Crippen molar-refractivity contribution in [1.29, 1.82) is 5.26 Å². The Hall–Kier alpha value is -3.44. The number of hydrogen-bond acceptors (Lipinski definition) is 4. The number of likely N-dealkylation sites (tertiary alicyclic amines) is 1. The summed E-state index contributed by atoms with van der Waals surface area (Å²) in [5, 5.41) is 15.7. The molecular formula is C31H29Cl2FN4O2. The molecule has 2 N–H and O–H groups in total. The second-order valence-electron chi connectivity index (χ2n) is 10.6. The van der Waals surface area contributed by atoms with Crippen molar-refractivity contribution < 1.29 is 14.0 Å². The lowest BCUT2D eigenvalue weighted by atomic mass is 9.68. The van der Waals surface area contributed by atoms with E-state index in [-0.39, 0.29) is 23.0 Å². The molecule has 0 aliphatic carbocycles. The van der Waals surface area contributed by atoms with E-state index in [2.05, 4.69) is 21.6 Å². The molecule has 3 aromatic carbocycles. The van der Waals surface area contributed by atoms with E-state index in [4.69, 9.17) is 28.5 Å². The van der Waals surface area contributed by atoms with Gasteiger partial charge in [-0.15, -0.1) is 0 Å². The highest BCUT2D eigenvalue weighted by atomic mass is 35.5. The maximum Gasteiger partial charge on any atom is 0.227 e. The number of anilines is 1. The van der Waals surface area contributed by atoms with Crippen LogP contribution in [0, 0.1) is 17.1 Å². The minimum atomic E-state index is -0.445. The Morgan fingerprint density at radius 1 is 1.07 bits per heavy atom. The van der Waals surface area contributed by atoms with Crippen LogP contribution in [0.5, 0.6) is 0 Å². The van der Waals surface area contributed by atoms with Crippen LogP contribution in [-0.2, 0) is 21.5 Å². The van der Waals surface area contributed by atoms with Crippen molar-refractivity contribution >= 4 is 40.7 Å². The predicted octanol–water partition coefficient (Wildman–Crippen LogP) is 6.17. The van der Waals surface area contributed by atoms with Crippen molar-refractivity contribution in [1.82, 2.24) is 10.2 Å². The summed E-state index contributed by atoms with van der Waals surface area (Å²) in [6.45, 7) is 2.49. The fourth-order valence-corrected chi connectivity index (χ4v) is 6.12. The number of rotatable bonds is 7. The van der Waals surface area contributed by atoms with E-state index in [1.165, 1.54) is 6.07 Å². The molecule has 40 heavy (non-hydrogen) atoms. The molecule has 2 amide bonds. The van der Waals surface area contributed by atoms with Gasteiger partial charge in [0.2, 0.25) is 11.8 Å². The van der Waals surface area contributed by atoms with Crippen LogP contribution in [0.2, 0.25) is 10.0 Å². The van der Waals surface area contributed by atoms with Crippen LogP contribution in [-0.4, -0.2) is 36.3 Å². The summed E-state index contributed by atoms with van der Waals surface area (Å²) in [5.74, 6) is -0.900. The number of carbonyl (C=O) groups excluding carboxylic acids is 2. The van der Waals surface area contributed by atoms with Gasteiger partial charge in [0.15, 0.2) is 0 Å². The quantitative estimate of drug-likeness (QED) is 0.351. The Balaban J connectivity index is 1.26. The molecule has 5 rings (SSSR count). The topological polar surface area (TPSA) is 85.2 Å². The Morgan fingerprint density at radius 3 is 2.52 bits per heavy atom. The molecule has 1 fully saturated rings. The lowest BCUT2D eigenvalue weighted by molar-refractivity contribution is -0.123. The van der Waals surface area contributed by atoms with Crippen LogP contribution in [0.25, 0.3) is 0 Å². The number of nitrogens with zero attached hydrogens (tertiary/aromatic N) is 2. The molecule has 0 aromatic heterocycles. The molecule has 9 heteroatoms. The Bertz CT molecular complexity index is 1460. The Morgan fingerprint density at radius 2 is 1.82 bits per heavy atom. The minimum absolute atomic E-state index is 0.0359. The predicted molar refractivity (Wildman–Crippen MR) is 154 cm³/mol. The largest absolute Gasteiger partial charge is 0.351 e. The van der Waals surface area contributed by atoms with Gasteiger partial charge >= 0.3 is 0 Å². The van der Waals surface area contributed by atoms with Crippen molar-refractivity contribution in [2.75, 3.05) is 25.0 Å². The number of piperidine rings is 1. The van der Waals surface area contributed by atoms with Crippen LogP contribution in [0.4, 0.5) is 10.1 Å². The molecule has 1 atom stereocenters. The molecule has 1 saturated heterocycles. The van der Waals surface area contributed by atoms with Gasteiger partial charge in [-0.2, -0.15) is 5.26 Å². The third-order valence-electron chi connectivity index (χ3n) is 8.09. The molecule has 3 aromatic rings. The highest BCUT2D eigenvalue weighted by molar-refractivity contribution is 6.42. The second kappa shape index (κ2) is 12.0. The van der Waals surface area contributed by atoms with Gasteiger partial charge in [-0.3, -0.25) is 9.59 Å². The average molecular weight is 580 g/mol. The van der Waals surface area contributed by atoms with Crippen molar-refractivity contribution in [2.45, 2.75) is 43.6 Å².